The molecule has 0 saturated carbocycles. The monoisotopic (exact) mass is 1620 g/mol. The zero-order valence-corrected chi connectivity index (χ0v) is 70.9. The predicted molar refractivity (Wildman–Crippen MR) is 504 cm³/mol. The topological polar surface area (TPSA) is 137 Å². The number of benzene rings is 11. The number of aromatic nitrogens is 9. The van der Waals surface area contributed by atoms with Crippen molar-refractivity contribution in [2.24, 2.45) is 35.2 Å². The van der Waals surface area contributed by atoms with E-state index in [0.29, 0.717) is 0 Å². The smallest absolute Gasteiger partial charge is 0.216 e. The van der Waals surface area contributed by atoms with E-state index < -0.39 is 0 Å². The van der Waals surface area contributed by atoms with Crippen LogP contribution in [-0.4, -0.2) is 19.9 Å². The van der Waals surface area contributed by atoms with Gasteiger partial charge in [0.05, 0.1) is 44.2 Å². The van der Waals surface area contributed by atoms with Gasteiger partial charge in [0.25, 0.3) is 0 Å². The van der Waals surface area contributed by atoms with Crippen molar-refractivity contribution in [3.8, 4) is 56.3 Å². The highest BCUT2D eigenvalue weighted by Gasteiger charge is 2.28. The van der Waals surface area contributed by atoms with Crippen LogP contribution in [0.15, 0.2) is 363 Å². The van der Waals surface area contributed by atoms with Gasteiger partial charge in [-0.05, 0) is 193 Å². The zero-order chi connectivity index (χ0) is 84.8. The van der Waals surface area contributed by atoms with Crippen molar-refractivity contribution in [3.05, 3.63) is 369 Å². The molecule has 14 aromatic heterocycles. The summed E-state index contributed by atoms with van der Waals surface area (Å²) in [5, 5.41) is 20.7. The summed E-state index contributed by atoms with van der Waals surface area (Å²) in [6.45, 7) is 10.7. The van der Waals surface area contributed by atoms with E-state index in [1.807, 2.05) is 110 Å². The second-order valence-corrected chi connectivity index (χ2v) is 32.5. The van der Waals surface area contributed by atoms with Crippen LogP contribution in [0.3, 0.4) is 0 Å². The van der Waals surface area contributed by atoms with Gasteiger partial charge < -0.3 is 22.1 Å². The van der Waals surface area contributed by atoms with Gasteiger partial charge in [-0.1, -0.05) is 103 Å². The Morgan fingerprint density at radius 1 is 0.224 bits per heavy atom. The van der Waals surface area contributed by atoms with Gasteiger partial charge in [-0.25, -0.2) is 22.8 Å². The Bertz CT molecular complexity index is 7850. The van der Waals surface area contributed by atoms with Gasteiger partial charge in [0.15, 0.2) is 31.0 Å². The molecule has 14 nitrogen and oxygen atoms in total. The Kier molecular flexibility index (Phi) is 19.1. The number of rotatable bonds is 5. The van der Waals surface area contributed by atoms with Gasteiger partial charge in [-0.2, -0.15) is 0 Å². The standard InChI is InChI=1S/C23H18NO.4C22H17N2O/c1-15-10-11-18-19-13-16-7-3-4-8-17(16)14-21(19)25-23(18)22(15)20-9-5-6-12-24(20)2;1-14-8-10-16-20-18(11-9-15-6-5-12-23-21(15)20)25-22(16)19(14)17-7-3-4-13-24(17)2;1-14-8-9-16-21-15-6-5-12-23-17(15)10-11-19(21)25-22(16)20(14)18-7-3-4-13-24(18)2;1-14-6-8-17-21-16-10-11-23-13-15(16)7-9-19(21)25-22(17)20(14)18-5-3-4-12-24(18)2;1-14-6-8-16-21-17-13-23-11-10-15(17)7-9-19(21)25-22(16)20(14)18-5-3-4-12-24(18)2/h3-14H,1-2H3;4*3-13H,1-2H3/q5*+1. The highest BCUT2D eigenvalue weighted by Crippen LogP contribution is 2.46. The van der Waals surface area contributed by atoms with Gasteiger partial charge in [-0.3, -0.25) is 19.9 Å². The van der Waals surface area contributed by atoms with Crippen molar-refractivity contribution in [1.82, 2.24) is 19.9 Å². The number of aryl methyl sites for hydroxylation is 10. The summed E-state index contributed by atoms with van der Waals surface area (Å²) in [5.41, 5.74) is 28.8. The summed E-state index contributed by atoms with van der Waals surface area (Å²) in [4.78, 5) is 17.7. The maximum absolute atomic E-state index is 6.37. The fourth-order valence-corrected chi connectivity index (χ4v) is 18.5. The van der Waals surface area contributed by atoms with Crippen LogP contribution >= 0.6 is 0 Å². The molecule has 600 valence electrons. The fourth-order valence-electron chi connectivity index (χ4n) is 18.5. The van der Waals surface area contributed by atoms with E-state index >= 15 is 0 Å². The van der Waals surface area contributed by atoms with Crippen molar-refractivity contribution in [2.45, 2.75) is 34.6 Å². The van der Waals surface area contributed by atoms with Crippen LogP contribution in [0.5, 0.6) is 0 Å². The summed E-state index contributed by atoms with van der Waals surface area (Å²) in [6, 6.07) is 94.4. The van der Waals surface area contributed by atoms with Crippen LogP contribution in [-0.2, 0) is 35.2 Å². The fraction of sp³-hybridized carbons (Fsp3) is 0.0901. The number of hydrogen-bond acceptors (Lipinski definition) is 9. The minimum atomic E-state index is 0.881. The van der Waals surface area contributed by atoms with Gasteiger partial charge in [-0.15, -0.1) is 0 Å². The van der Waals surface area contributed by atoms with Crippen LogP contribution in [0.2, 0.25) is 0 Å². The van der Waals surface area contributed by atoms with Crippen LogP contribution in [0.4, 0.5) is 0 Å². The van der Waals surface area contributed by atoms with Gasteiger partial charge in [0.2, 0.25) is 28.5 Å². The molecule has 0 radical (unpaired) electrons. The molecule has 14 heteroatoms. The molecule has 0 bridgehead atoms. The highest BCUT2D eigenvalue weighted by atomic mass is 16.3. The molecule has 125 heavy (non-hydrogen) atoms. The Morgan fingerprint density at radius 3 is 1.07 bits per heavy atom. The summed E-state index contributed by atoms with van der Waals surface area (Å²) in [5.74, 6) is 0. The Labute approximate surface area is 719 Å². The lowest BCUT2D eigenvalue weighted by Crippen LogP contribution is -2.30. The molecule has 0 atom stereocenters. The number of fused-ring (bicyclic) bond motifs is 24. The molecule has 0 saturated heterocycles. The molecule has 25 rings (SSSR count). The molecule has 0 aliphatic carbocycles. The first-order chi connectivity index (χ1) is 61.2. The molecular weight excluding hydrogens is 1540 g/mol. The minimum Gasteiger partial charge on any atom is -0.455 e. The van der Waals surface area contributed by atoms with E-state index in [2.05, 4.69) is 344 Å². The maximum atomic E-state index is 6.37. The molecule has 0 fully saturated rings. The number of nitrogens with zero attached hydrogens (tertiary/aromatic N) is 9. The lowest BCUT2D eigenvalue weighted by molar-refractivity contribution is -0.660. The van der Waals surface area contributed by atoms with Crippen LogP contribution < -0.4 is 22.8 Å². The zero-order valence-electron chi connectivity index (χ0n) is 70.9. The minimum absolute atomic E-state index is 0.881. The number of furan rings is 5. The van der Waals surface area contributed by atoms with Crippen LogP contribution in [0.1, 0.15) is 27.8 Å². The van der Waals surface area contributed by atoms with Gasteiger partial charge in [0, 0.05) is 168 Å². The molecule has 0 unspecified atom stereocenters. The predicted octanol–water partition coefficient (Wildman–Crippen LogP) is 25.3. The lowest BCUT2D eigenvalue weighted by atomic mass is 9.99. The average Bonchev–Trinajstić information content (AvgIpc) is 1.61. The highest BCUT2D eigenvalue weighted by molar-refractivity contribution is 6.24. The molecule has 0 N–H and O–H groups in total. The molecule has 25 aromatic rings. The first kappa shape index (κ1) is 76.5. The second kappa shape index (κ2) is 31.3. The first-order valence-electron chi connectivity index (χ1n) is 42.0. The quantitative estimate of drug-likeness (QED) is 0.154. The van der Waals surface area contributed by atoms with Crippen molar-refractivity contribution >= 4 is 164 Å². The second-order valence-electron chi connectivity index (χ2n) is 32.5. The first-order valence-corrected chi connectivity index (χ1v) is 42.0. The third kappa shape index (κ3) is 13.2. The molecule has 14 heterocycles. The molecule has 0 aliphatic rings. The molecular formula is C111H86N9O5+5. The number of pyridine rings is 9. The maximum Gasteiger partial charge on any atom is 0.216 e. The van der Waals surface area contributed by atoms with Gasteiger partial charge in [0.1, 0.15) is 91.1 Å². The van der Waals surface area contributed by atoms with E-state index in [0.717, 1.165) is 182 Å². The average molecular weight is 1630 g/mol. The third-order valence-corrected chi connectivity index (χ3v) is 24.7. The van der Waals surface area contributed by atoms with Crippen LogP contribution in [0.25, 0.3) is 220 Å². The summed E-state index contributed by atoms with van der Waals surface area (Å²) < 4.78 is 42.4. The van der Waals surface area contributed by atoms with Crippen molar-refractivity contribution in [3.63, 3.8) is 0 Å². The van der Waals surface area contributed by atoms with E-state index in [9.17, 15) is 0 Å². The van der Waals surface area contributed by atoms with Crippen LogP contribution in [0, 0.1) is 34.6 Å². The van der Waals surface area contributed by atoms with Crippen molar-refractivity contribution in [1.29, 1.82) is 0 Å². The normalized spacial score (nSPS) is 11.6. The Morgan fingerprint density at radius 2 is 0.584 bits per heavy atom. The molecule has 0 spiro atoms. The summed E-state index contributed by atoms with van der Waals surface area (Å²) >= 11 is 0. The van der Waals surface area contributed by atoms with E-state index in [4.69, 9.17) is 22.1 Å². The molecule has 11 aromatic carbocycles. The lowest BCUT2D eigenvalue weighted by Gasteiger charge is -2.05. The van der Waals surface area contributed by atoms with E-state index in [-0.39, 0.29) is 0 Å². The Balaban J connectivity index is 0.0000000956. The third-order valence-electron chi connectivity index (χ3n) is 24.7. The largest absolute Gasteiger partial charge is 0.455 e. The van der Waals surface area contributed by atoms with E-state index in [1.165, 1.54) is 65.7 Å². The summed E-state index contributed by atoms with van der Waals surface area (Å²) in [6.07, 6.45) is 21.5. The molecule has 0 aliphatic heterocycles. The van der Waals surface area contributed by atoms with Crippen molar-refractivity contribution < 1.29 is 44.9 Å². The summed E-state index contributed by atoms with van der Waals surface area (Å²) in [7, 11) is 10.3. The van der Waals surface area contributed by atoms with E-state index in [1.54, 1.807) is 0 Å². The van der Waals surface area contributed by atoms with Gasteiger partial charge >= 0.3 is 0 Å². The Hall–Kier alpha value is -15.9. The van der Waals surface area contributed by atoms with Crippen molar-refractivity contribution in [2.75, 3.05) is 0 Å². The SMILES string of the molecule is Cc1ccc2c(oc3cc4ccccc4cc32)c1-c1cccc[n+]1C.Cc1ccc2c(oc3ccc4cccnc4c32)c1-c1cccc[n+]1C.Cc1ccc2c(oc3ccc4ccncc4c32)c1-c1cccc[n+]1C.Cc1ccc2c(oc3ccc4cnccc4c32)c1-c1cccc[n+]1C.Cc1ccc2c(oc3ccc4ncccc4c32)c1-c1cccc[n+]1C. The molecule has 0 amide bonds. The number of hydrogen-bond donors (Lipinski definition) is 0.